The summed E-state index contributed by atoms with van der Waals surface area (Å²) >= 11 is 1.41. The van der Waals surface area contributed by atoms with Crippen LogP contribution in [-0.2, 0) is 23.9 Å². The molecular formula is C28H35N3O7S. The highest BCUT2D eigenvalue weighted by molar-refractivity contribution is 8.16. The Hall–Kier alpha value is -3.47. The van der Waals surface area contributed by atoms with Crippen molar-refractivity contribution in [3.05, 3.63) is 46.1 Å². The molecular weight excluding hydrogens is 522 g/mol. The van der Waals surface area contributed by atoms with E-state index in [9.17, 15) is 14.4 Å². The second-order valence-corrected chi connectivity index (χ2v) is 10.1. The molecule has 3 aliphatic rings. The van der Waals surface area contributed by atoms with Gasteiger partial charge in [0, 0.05) is 24.4 Å². The molecule has 39 heavy (non-hydrogen) atoms. The molecule has 0 unspecified atom stereocenters. The molecule has 1 atom stereocenters. The van der Waals surface area contributed by atoms with E-state index < -0.39 is 12.0 Å². The maximum Gasteiger partial charge on any atom is 0.338 e. The van der Waals surface area contributed by atoms with Gasteiger partial charge in [0.2, 0.25) is 5.91 Å². The predicted octanol–water partition coefficient (Wildman–Crippen LogP) is 4.03. The fraction of sp³-hybridized carbons (Fsp3) is 0.500. The van der Waals surface area contributed by atoms with Gasteiger partial charge in [-0.2, -0.15) is 0 Å². The van der Waals surface area contributed by atoms with Crippen molar-refractivity contribution in [1.29, 1.82) is 0 Å². The molecule has 0 saturated carbocycles. The zero-order valence-electron chi connectivity index (χ0n) is 23.0. The third-order valence-electron chi connectivity index (χ3n) is 7.03. The van der Waals surface area contributed by atoms with Gasteiger partial charge in [-0.3, -0.25) is 9.59 Å². The van der Waals surface area contributed by atoms with E-state index in [-0.39, 0.29) is 30.8 Å². The number of rotatable bonds is 9. The van der Waals surface area contributed by atoms with Crippen LogP contribution in [0.4, 0.5) is 0 Å². The number of fused-ring (bicyclic) bond motifs is 1. The van der Waals surface area contributed by atoms with Crippen LogP contribution >= 0.6 is 11.8 Å². The third kappa shape index (κ3) is 5.93. The third-order valence-corrected chi connectivity index (χ3v) is 7.92. The van der Waals surface area contributed by atoms with Crippen LogP contribution in [0.2, 0.25) is 0 Å². The summed E-state index contributed by atoms with van der Waals surface area (Å²) in [5.41, 5.74) is 2.34. The number of hydrogen-bond donors (Lipinski definition) is 0. The highest BCUT2D eigenvalue weighted by Gasteiger charge is 2.43. The van der Waals surface area contributed by atoms with Crippen LogP contribution in [0.15, 0.2) is 45.6 Å². The maximum absolute atomic E-state index is 13.4. The molecule has 0 spiro atoms. The lowest BCUT2D eigenvalue weighted by Crippen LogP contribution is -2.42. The lowest BCUT2D eigenvalue weighted by molar-refractivity contribution is -0.151. The normalized spacial score (nSPS) is 19.3. The number of likely N-dealkylation sites (tertiary alicyclic amines) is 1. The number of nitrogens with zero attached hydrogens (tertiary/aromatic N) is 3. The van der Waals surface area contributed by atoms with Crippen molar-refractivity contribution in [1.82, 2.24) is 9.80 Å². The number of carbonyl (C=O) groups excluding carboxylic acids is 3. The number of hydrogen-bond acceptors (Lipinski definition) is 10. The summed E-state index contributed by atoms with van der Waals surface area (Å²) in [6.45, 7) is 6.88. The summed E-state index contributed by atoms with van der Waals surface area (Å²) < 4.78 is 21.8. The molecule has 11 heteroatoms. The highest BCUT2D eigenvalue weighted by Crippen LogP contribution is 2.47. The molecule has 0 bridgehead atoms. The Labute approximate surface area is 233 Å². The minimum absolute atomic E-state index is 0.0503. The van der Waals surface area contributed by atoms with Crippen LogP contribution in [-0.4, -0.2) is 73.3 Å². The molecule has 1 aromatic carbocycles. The number of thioether (sulfide) groups is 1. The number of allylic oxidation sites excluding steroid dienone is 1. The summed E-state index contributed by atoms with van der Waals surface area (Å²) in [6, 6.07) is 4.79. The van der Waals surface area contributed by atoms with Crippen molar-refractivity contribution < 1.29 is 33.3 Å². The topological polar surface area (TPSA) is 107 Å². The van der Waals surface area contributed by atoms with Crippen LogP contribution in [0, 0.1) is 5.92 Å². The van der Waals surface area contributed by atoms with E-state index in [0.29, 0.717) is 66.0 Å². The van der Waals surface area contributed by atoms with E-state index in [1.54, 1.807) is 52.0 Å². The van der Waals surface area contributed by atoms with Crippen molar-refractivity contribution in [3.8, 4) is 11.5 Å². The van der Waals surface area contributed by atoms with Gasteiger partial charge in [0.05, 0.1) is 57.1 Å². The van der Waals surface area contributed by atoms with Crippen LogP contribution in [0.25, 0.3) is 0 Å². The van der Waals surface area contributed by atoms with Gasteiger partial charge in [-0.1, -0.05) is 11.8 Å². The number of amidine groups is 1. The second kappa shape index (κ2) is 12.6. The molecule has 210 valence electrons. The lowest BCUT2D eigenvalue weighted by atomic mass is 9.92. The van der Waals surface area contributed by atoms with E-state index in [0.717, 1.165) is 5.70 Å². The van der Waals surface area contributed by atoms with Crippen LogP contribution in [0.1, 0.15) is 51.6 Å². The molecule has 0 aromatic heterocycles. The zero-order valence-corrected chi connectivity index (χ0v) is 23.8. The maximum atomic E-state index is 13.4. The summed E-state index contributed by atoms with van der Waals surface area (Å²) in [6.07, 6.45) is 1.27. The van der Waals surface area contributed by atoms with Gasteiger partial charge in [-0.05, 0) is 57.2 Å². The number of amides is 1. The summed E-state index contributed by atoms with van der Waals surface area (Å²) in [5, 5.41) is 2.57. The van der Waals surface area contributed by atoms with E-state index >= 15 is 0 Å². The Bertz CT molecular complexity index is 1220. The minimum atomic E-state index is -0.634. The Kier molecular flexibility index (Phi) is 9.21. The van der Waals surface area contributed by atoms with Gasteiger partial charge in [0.15, 0.2) is 5.17 Å². The Morgan fingerprint density at radius 2 is 1.77 bits per heavy atom. The fourth-order valence-corrected chi connectivity index (χ4v) is 6.04. The molecule has 1 fully saturated rings. The first-order valence-electron chi connectivity index (χ1n) is 13.1. The fourth-order valence-electron chi connectivity index (χ4n) is 5.08. The van der Waals surface area contributed by atoms with E-state index in [4.69, 9.17) is 23.9 Å². The highest BCUT2D eigenvalue weighted by atomic mass is 32.2. The number of esters is 2. The molecule has 1 saturated heterocycles. The Morgan fingerprint density at radius 3 is 2.41 bits per heavy atom. The standard InChI is InChI=1S/C28H35N3O7S/c1-6-37-26(33)18-10-12-30(13-11-18)23(32)14-19-16-39-28-29-17(3)24(27(34)38-7-2)25(31(19)28)21-15-20(35-4)8-9-22(21)36-5/h8-9,15-16,18,25H,6-7,10-14H2,1-5H3/t25-/m0/s1. The number of methoxy groups -OCH3 is 2. The number of carbonyl (C=O) groups is 3. The van der Waals surface area contributed by atoms with Crippen LogP contribution in [0.3, 0.4) is 0 Å². The summed E-state index contributed by atoms with van der Waals surface area (Å²) in [5.74, 6) is 0.273. The predicted molar refractivity (Wildman–Crippen MR) is 147 cm³/mol. The Balaban J connectivity index is 1.63. The molecule has 0 aliphatic carbocycles. The molecule has 3 aliphatic heterocycles. The van der Waals surface area contributed by atoms with Crippen molar-refractivity contribution in [3.63, 3.8) is 0 Å². The first-order chi connectivity index (χ1) is 18.8. The van der Waals surface area contributed by atoms with Crippen molar-refractivity contribution in [2.45, 2.75) is 46.1 Å². The largest absolute Gasteiger partial charge is 0.497 e. The van der Waals surface area contributed by atoms with Gasteiger partial charge in [-0.25, -0.2) is 9.79 Å². The molecule has 4 rings (SSSR count). The van der Waals surface area contributed by atoms with Gasteiger partial charge in [0.25, 0.3) is 0 Å². The SMILES string of the molecule is CCOC(=O)C1=C(C)N=C2SC=C(CC(=O)N3CCC(C(=O)OCC)CC3)N2[C@H]1c1cc(OC)ccc1OC. The van der Waals surface area contributed by atoms with E-state index in [1.807, 2.05) is 16.4 Å². The second-order valence-electron chi connectivity index (χ2n) is 9.31. The summed E-state index contributed by atoms with van der Waals surface area (Å²) in [4.78, 5) is 47.2. The minimum Gasteiger partial charge on any atom is -0.497 e. The molecule has 0 N–H and O–H groups in total. The van der Waals surface area contributed by atoms with E-state index in [2.05, 4.69) is 0 Å². The van der Waals surface area contributed by atoms with Crippen molar-refractivity contribution in [2.24, 2.45) is 10.9 Å². The summed E-state index contributed by atoms with van der Waals surface area (Å²) in [7, 11) is 3.15. The average Bonchev–Trinajstić information content (AvgIpc) is 3.33. The Morgan fingerprint density at radius 1 is 1.05 bits per heavy atom. The lowest BCUT2D eigenvalue weighted by Gasteiger charge is -2.37. The van der Waals surface area contributed by atoms with Crippen LogP contribution in [0.5, 0.6) is 11.5 Å². The van der Waals surface area contributed by atoms with E-state index in [1.165, 1.54) is 11.8 Å². The first-order valence-corrected chi connectivity index (χ1v) is 14.0. The van der Waals surface area contributed by atoms with Crippen LogP contribution < -0.4 is 9.47 Å². The van der Waals surface area contributed by atoms with Gasteiger partial charge >= 0.3 is 11.9 Å². The first kappa shape index (κ1) is 28.5. The van der Waals surface area contributed by atoms with Gasteiger partial charge in [-0.15, -0.1) is 0 Å². The molecule has 1 aromatic rings. The molecule has 10 nitrogen and oxygen atoms in total. The molecule has 1 amide bonds. The average molecular weight is 558 g/mol. The number of ether oxygens (including phenoxy) is 4. The smallest absolute Gasteiger partial charge is 0.338 e. The van der Waals surface area contributed by atoms with Crippen molar-refractivity contribution in [2.75, 3.05) is 40.5 Å². The van der Waals surface area contributed by atoms with Gasteiger partial charge < -0.3 is 28.7 Å². The molecule has 3 heterocycles. The van der Waals surface area contributed by atoms with Crippen molar-refractivity contribution >= 4 is 34.8 Å². The number of aliphatic imine (C=N–C) groups is 1. The molecule has 0 radical (unpaired) electrons. The number of piperidine rings is 1. The quantitative estimate of drug-likeness (QED) is 0.416. The monoisotopic (exact) mass is 557 g/mol. The zero-order chi connectivity index (χ0) is 28.1. The van der Waals surface area contributed by atoms with Gasteiger partial charge in [0.1, 0.15) is 11.5 Å². The number of benzene rings is 1.